The van der Waals surface area contributed by atoms with Crippen LogP contribution < -0.4 is 0 Å². The molecule has 1 aromatic carbocycles. The van der Waals surface area contributed by atoms with Crippen LogP contribution >= 0.6 is 23.2 Å². The molecule has 5 heteroatoms. The van der Waals surface area contributed by atoms with Gasteiger partial charge in [0.05, 0.1) is 10.8 Å². The van der Waals surface area contributed by atoms with Gasteiger partial charge in [-0.3, -0.25) is 0 Å². The third-order valence-corrected chi connectivity index (χ3v) is 4.81. The van der Waals surface area contributed by atoms with Gasteiger partial charge >= 0.3 is 0 Å². The van der Waals surface area contributed by atoms with Crippen LogP contribution in [0.15, 0.2) is 18.2 Å². The molecule has 0 aliphatic heterocycles. The molecule has 23 heavy (non-hydrogen) atoms. The summed E-state index contributed by atoms with van der Waals surface area (Å²) >= 11 is 12.9. The van der Waals surface area contributed by atoms with Gasteiger partial charge in [-0.25, -0.2) is 0 Å². The molecule has 132 valence electrons. The molecule has 0 radical (unpaired) electrons. The van der Waals surface area contributed by atoms with Gasteiger partial charge in [0.1, 0.15) is 0 Å². The first-order chi connectivity index (χ1) is 11.1. The Morgan fingerprint density at radius 3 is 1.61 bits per heavy atom. The van der Waals surface area contributed by atoms with Gasteiger partial charge in [-0.2, -0.15) is 0 Å². The van der Waals surface area contributed by atoms with Crippen molar-refractivity contribution in [3.63, 3.8) is 0 Å². The first kappa shape index (κ1) is 20.7. The van der Waals surface area contributed by atoms with Gasteiger partial charge in [0.25, 0.3) is 0 Å². The molecule has 1 rings (SSSR count). The molecule has 0 saturated heterocycles. The highest BCUT2D eigenvalue weighted by molar-refractivity contribution is 6.21. The van der Waals surface area contributed by atoms with Crippen molar-refractivity contribution in [2.24, 2.45) is 0 Å². The van der Waals surface area contributed by atoms with Crippen LogP contribution in [0.3, 0.4) is 0 Å². The molecule has 0 fully saturated rings. The van der Waals surface area contributed by atoms with E-state index in [0.29, 0.717) is 12.8 Å². The highest BCUT2D eigenvalue weighted by Crippen LogP contribution is 2.33. The predicted molar refractivity (Wildman–Crippen MR) is 96.3 cm³/mol. The first-order valence-electron chi connectivity index (χ1n) is 8.36. The number of rotatable bonds is 12. The third kappa shape index (κ3) is 7.86. The summed E-state index contributed by atoms with van der Waals surface area (Å²) in [7, 11) is 0. The SMILES string of the molecule is OCCCCc1cc(C(Cl)CCCO)cc(C(Cl)CCCO)c1. The fourth-order valence-corrected chi connectivity index (χ4v) is 3.13. The van der Waals surface area contributed by atoms with Crippen LogP contribution in [-0.2, 0) is 6.42 Å². The van der Waals surface area contributed by atoms with Crippen LogP contribution in [0.2, 0.25) is 0 Å². The lowest BCUT2D eigenvalue weighted by molar-refractivity contribution is 0.284. The molecule has 3 nitrogen and oxygen atoms in total. The van der Waals surface area contributed by atoms with Crippen molar-refractivity contribution in [3.8, 4) is 0 Å². The molecule has 0 spiro atoms. The van der Waals surface area contributed by atoms with E-state index in [1.165, 1.54) is 5.56 Å². The van der Waals surface area contributed by atoms with E-state index in [4.69, 9.17) is 38.5 Å². The summed E-state index contributed by atoms with van der Waals surface area (Å²) in [6, 6.07) is 6.25. The average Bonchev–Trinajstić information content (AvgIpc) is 2.57. The van der Waals surface area contributed by atoms with E-state index in [9.17, 15) is 0 Å². The zero-order valence-electron chi connectivity index (χ0n) is 13.6. The minimum atomic E-state index is -0.139. The maximum atomic E-state index is 8.97. The summed E-state index contributed by atoms with van der Waals surface area (Å²) in [4.78, 5) is 0. The monoisotopic (exact) mass is 362 g/mol. The van der Waals surface area contributed by atoms with Gasteiger partial charge in [-0.15, -0.1) is 23.2 Å². The van der Waals surface area contributed by atoms with Crippen molar-refractivity contribution in [3.05, 3.63) is 34.9 Å². The zero-order valence-corrected chi connectivity index (χ0v) is 15.1. The highest BCUT2D eigenvalue weighted by Gasteiger charge is 2.14. The minimum Gasteiger partial charge on any atom is -0.396 e. The topological polar surface area (TPSA) is 60.7 Å². The Hall–Kier alpha value is -0.320. The molecule has 0 bridgehead atoms. The maximum absolute atomic E-state index is 8.97. The summed E-state index contributed by atoms with van der Waals surface area (Å²) in [5.41, 5.74) is 3.24. The number of aliphatic hydroxyl groups is 3. The quantitative estimate of drug-likeness (QED) is 0.387. The van der Waals surface area contributed by atoms with E-state index in [0.717, 1.165) is 43.2 Å². The molecule has 1 aromatic rings. The highest BCUT2D eigenvalue weighted by atomic mass is 35.5. The van der Waals surface area contributed by atoms with Crippen molar-refractivity contribution < 1.29 is 15.3 Å². The zero-order chi connectivity index (χ0) is 17.1. The number of aryl methyl sites for hydroxylation is 1. The van der Waals surface area contributed by atoms with Crippen LogP contribution in [0.4, 0.5) is 0 Å². The average molecular weight is 363 g/mol. The van der Waals surface area contributed by atoms with Crippen LogP contribution in [0.25, 0.3) is 0 Å². The Labute approximate surface area is 149 Å². The molecule has 0 saturated carbocycles. The molecule has 2 atom stereocenters. The number of benzene rings is 1. The maximum Gasteiger partial charge on any atom is 0.0586 e. The smallest absolute Gasteiger partial charge is 0.0586 e. The normalized spacial score (nSPS) is 14.0. The summed E-state index contributed by atoms with van der Waals surface area (Å²) in [6.45, 7) is 0.484. The summed E-state index contributed by atoms with van der Waals surface area (Å²) in [6.07, 6.45) is 5.38. The third-order valence-electron chi connectivity index (χ3n) is 3.87. The van der Waals surface area contributed by atoms with E-state index in [1.54, 1.807) is 0 Å². The van der Waals surface area contributed by atoms with Crippen LogP contribution in [-0.4, -0.2) is 35.1 Å². The van der Waals surface area contributed by atoms with Crippen LogP contribution in [0, 0.1) is 0 Å². The number of hydrogen-bond donors (Lipinski definition) is 3. The predicted octanol–water partition coefficient (Wildman–Crippen LogP) is 4.11. The van der Waals surface area contributed by atoms with Gasteiger partial charge in [0.15, 0.2) is 0 Å². The Morgan fingerprint density at radius 1 is 0.696 bits per heavy atom. The van der Waals surface area contributed by atoms with Crippen molar-refractivity contribution in [2.45, 2.75) is 55.7 Å². The van der Waals surface area contributed by atoms with E-state index in [2.05, 4.69) is 12.1 Å². The molecule has 2 unspecified atom stereocenters. The Kier molecular flexibility index (Phi) is 10.9. The van der Waals surface area contributed by atoms with Gasteiger partial charge in [-0.05, 0) is 61.6 Å². The second kappa shape index (κ2) is 12.1. The lowest BCUT2D eigenvalue weighted by atomic mass is 9.96. The largest absolute Gasteiger partial charge is 0.396 e. The standard InChI is InChI=1S/C18H28Cl2O3/c19-17(6-3-9-22)15-11-14(5-1-2-8-21)12-16(13-15)18(20)7-4-10-23/h11-13,17-18,21-23H,1-10H2. The Balaban J connectivity index is 2.91. The summed E-state index contributed by atoms with van der Waals surface area (Å²) < 4.78 is 0. The lowest BCUT2D eigenvalue weighted by Crippen LogP contribution is -2.01. The molecular formula is C18H28Cl2O3. The molecule has 0 aliphatic carbocycles. The van der Waals surface area contributed by atoms with E-state index in [1.807, 2.05) is 6.07 Å². The Bertz CT molecular complexity index is 408. The second-order valence-corrected chi connectivity index (χ2v) is 6.91. The second-order valence-electron chi connectivity index (χ2n) is 5.86. The fourth-order valence-electron chi connectivity index (χ4n) is 2.57. The number of halogens is 2. The van der Waals surface area contributed by atoms with Crippen LogP contribution in [0.5, 0.6) is 0 Å². The number of unbranched alkanes of at least 4 members (excludes halogenated alkanes) is 1. The van der Waals surface area contributed by atoms with Crippen LogP contribution in [0.1, 0.15) is 66.0 Å². The molecule has 0 aromatic heterocycles. The van der Waals surface area contributed by atoms with E-state index < -0.39 is 0 Å². The molecule has 0 amide bonds. The lowest BCUT2D eigenvalue weighted by Gasteiger charge is -2.17. The molecule has 3 N–H and O–H groups in total. The van der Waals surface area contributed by atoms with Gasteiger partial charge in [0, 0.05) is 19.8 Å². The first-order valence-corrected chi connectivity index (χ1v) is 9.24. The van der Waals surface area contributed by atoms with Gasteiger partial charge in [0.2, 0.25) is 0 Å². The summed E-state index contributed by atoms with van der Waals surface area (Å²) in [5.74, 6) is 0. The molecule has 0 aliphatic rings. The van der Waals surface area contributed by atoms with Crippen molar-refractivity contribution >= 4 is 23.2 Å². The van der Waals surface area contributed by atoms with Gasteiger partial charge < -0.3 is 15.3 Å². The molecular weight excluding hydrogens is 335 g/mol. The minimum absolute atomic E-state index is 0.139. The number of alkyl halides is 2. The molecule has 0 heterocycles. The van der Waals surface area contributed by atoms with Gasteiger partial charge in [-0.1, -0.05) is 18.2 Å². The van der Waals surface area contributed by atoms with Crippen molar-refractivity contribution in [2.75, 3.05) is 19.8 Å². The number of hydrogen-bond acceptors (Lipinski definition) is 3. The van der Waals surface area contributed by atoms with Crippen molar-refractivity contribution in [1.29, 1.82) is 0 Å². The van der Waals surface area contributed by atoms with E-state index >= 15 is 0 Å². The number of aliphatic hydroxyl groups excluding tert-OH is 3. The van der Waals surface area contributed by atoms with Crippen molar-refractivity contribution in [1.82, 2.24) is 0 Å². The summed E-state index contributed by atoms with van der Waals surface area (Å²) in [5, 5.41) is 26.6. The van der Waals surface area contributed by atoms with E-state index in [-0.39, 0.29) is 30.6 Å². The fraction of sp³-hybridized carbons (Fsp3) is 0.667. The Morgan fingerprint density at radius 2 is 1.17 bits per heavy atom.